The number of rotatable bonds is 5. The molecular formula is C14H23N3O2S2. The van der Waals surface area contributed by atoms with Crippen molar-refractivity contribution in [1.29, 1.82) is 0 Å². The average Bonchev–Trinajstić information content (AvgIpc) is 3.02. The molecule has 5 nitrogen and oxygen atoms in total. The van der Waals surface area contributed by atoms with Crippen LogP contribution < -0.4 is 10.6 Å². The predicted octanol–water partition coefficient (Wildman–Crippen LogP) is 1.55. The third-order valence-corrected chi connectivity index (χ3v) is 6.36. The molecular weight excluding hydrogens is 306 g/mol. The van der Waals surface area contributed by atoms with Crippen molar-refractivity contribution in [1.82, 2.24) is 10.6 Å². The van der Waals surface area contributed by atoms with E-state index in [0.29, 0.717) is 18.9 Å². The Morgan fingerprint density at radius 1 is 1.38 bits per heavy atom. The summed E-state index contributed by atoms with van der Waals surface area (Å²) in [6.07, 6.45) is 1.71. The summed E-state index contributed by atoms with van der Waals surface area (Å²) < 4.78 is 23.0. The van der Waals surface area contributed by atoms with Crippen LogP contribution in [0, 0.1) is 0 Å². The largest absolute Gasteiger partial charge is 0.357 e. The predicted molar refractivity (Wildman–Crippen MR) is 88.7 cm³/mol. The van der Waals surface area contributed by atoms with Crippen LogP contribution in [-0.2, 0) is 22.8 Å². The molecule has 1 aromatic rings. The van der Waals surface area contributed by atoms with E-state index in [2.05, 4.69) is 34.7 Å². The van der Waals surface area contributed by atoms with Crippen molar-refractivity contribution in [3.63, 3.8) is 0 Å². The zero-order chi connectivity index (χ0) is 15.3. The second-order valence-electron chi connectivity index (χ2n) is 5.16. The summed E-state index contributed by atoms with van der Waals surface area (Å²) in [7, 11) is -2.87. The van der Waals surface area contributed by atoms with E-state index in [-0.39, 0.29) is 17.5 Å². The molecule has 1 aliphatic heterocycles. The summed E-state index contributed by atoms with van der Waals surface area (Å²) in [5.41, 5.74) is 0. The first kappa shape index (κ1) is 16.3. The number of nitrogens with zero attached hydrogens (tertiary/aromatic N) is 1. The molecule has 7 heteroatoms. The highest BCUT2D eigenvalue weighted by Gasteiger charge is 2.28. The van der Waals surface area contributed by atoms with Gasteiger partial charge in [0.1, 0.15) is 0 Å². The Morgan fingerprint density at radius 2 is 2.14 bits per heavy atom. The maximum absolute atomic E-state index is 11.5. The standard InChI is InChI=1S/C14H23N3O2S2/c1-3-12-5-6-13(20-12)9-16-14(15-4-2)17-11-7-8-21(18,19)10-11/h5-6,11H,3-4,7-10H2,1-2H3,(H2,15,16,17). The van der Waals surface area contributed by atoms with E-state index >= 15 is 0 Å². The summed E-state index contributed by atoms with van der Waals surface area (Å²) in [6, 6.07) is 4.22. The Labute approximate surface area is 130 Å². The van der Waals surface area contributed by atoms with Crippen LogP contribution in [0.3, 0.4) is 0 Å². The number of sulfone groups is 1. The molecule has 1 unspecified atom stereocenters. The molecule has 0 spiro atoms. The molecule has 21 heavy (non-hydrogen) atoms. The second-order valence-corrected chi connectivity index (χ2v) is 8.64. The molecule has 0 saturated carbocycles. The molecule has 2 rings (SSSR count). The minimum Gasteiger partial charge on any atom is -0.357 e. The molecule has 1 saturated heterocycles. The Morgan fingerprint density at radius 3 is 2.71 bits per heavy atom. The summed E-state index contributed by atoms with van der Waals surface area (Å²) in [4.78, 5) is 7.14. The maximum atomic E-state index is 11.5. The van der Waals surface area contributed by atoms with Crippen molar-refractivity contribution in [2.45, 2.75) is 39.3 Å². The van der Waals surface area contributed by atoms with Crippen molar-refractivity contribution in [2.24, 2.45) is 4.99 Å². The highest BCUT2D eigenvalue weighted by molar-refractivity contribution is 7.91. The summed E-state index contributed by atoms with van der Waals surface area (Å²) in [5, 5.41) is 6.40. The first-order valence-corrected chi connectivity index (χ1v) is 9.99. The molecule has 0 amide bonds. The minimum absolute atomic E-state index is 0.0256. The van der Waals surface area contributed by atoms with Crippen LogP contribution in [0.4, 0.5) is 0 Å². The zero-order valence-corrected chi connectivity index (χ0v) is 14.2. The molecule has 0 aromatic carbocycles. The quantitative estimate of drug-likeness (QED) is 0.635. The van der Waals surface area contributed by atoms with Crippen LogP contribution in [0.2, 0.25) is 0 Å². The smallest absolute Gasteiger partial charge is 0.191 e. The number of aliphatic imine (C=N–C) groups is 1. The van der Waals surface area contributed by atoms with E-state index in [4.69, 9.17) is 0 Å². The summed E-state index contributed by atoms with van der Waals surface area (Å²) >= 11 is 1.78. The van der Waals surface area contributed by atoms with E-state index in [1.807, 2.05) is 6.92 Å². The van der Waals surface area contributed by atoms with Gasteiger partial charge < -0.3 is 10.6 Å². The fourth-order valence-electron chi connectivity index (χ4n) is 2.28. The van der Waals surface area contributed by atoms with Gasteiger partial charge in [0.05, 0.1) is 18.1 Å². The van der Waals surface area contributed by atoms with Gasteiger partial charge in [-0.15, -0.1) is 11.3 Å². The fraction of sp³-hybridized carbons (Fsp3) is 0.643. The van der Waals surface area contributed by atoms with E-state index in [0.717, 1.165) is 13.0 Å². The van der Waals surface area contributed by atoms with Crippen molar-refractivity contribution in [3.05, 3.63) is 21.9 Å². The second kappa shape index (κ2) is 7.26. The topological polar surface area (TPSA) is 70.6 Å². The van der Waals surface area contributed by atoms with Crippen LogP contribution in [-0.4, -0.2) is 38.5 Å². The van der Waals surface area contributed by atoms with E-state index in [1.54, 1.807) is 11.3 Å². The fourth-order valence-corrected chi connectivity index (χ4v) is 4.83. The van der Waals surface area contributed by atoms with Gasteiger partial charge in [-0.05, 0) is 31.9 Å². The lowest BCUT2D eigenvalue weighted by Crippen LogP contribution is -2.44. The number of hydrogen-bond donors (Lipinski definition) is 2. The van der Waals surface area contributed by atoms with Gasteiger partial charge in [-0.1, -0.05) is 6.92 Å². The third-order valence-electron chi connectivity index (χ3n) is 3.38. The summed E-state index contributed by atoms with van der Waals surface area (Å²) in [5.74, 6) is 1.18. The lowest BCUT2D eigenvalue weighted by atomic mass is 10.3. The van der Waals surface area contributed by atoms with Gasteiger partial charge in [0.25, 0.3) is 0 Å². The third kappa shape index (κ3) is 5.00. The van der Waals surface area contributed by atoms with Crippen LogP contribution in [0.1, 0.15) is 30.0 Å². The van der Waals surface area contributed by atoms with Gasteiger partial charge in [-0.25, -0.2) is 13.4 Å². The minimum atomic E-state index is -2.87. The number of nitrogens with one attached hydrogen (secondary N) is 2. The van der Waals surface area contributed by atoms with Gasteiger partial charge in [0.15, 0.2) is 15.8 Å². The first-order valence-electron chi connectivity index (χ1n) is 7.35. The number of guanidine groups is 1. The number of thiophene rings is 1. The van der Waals surface area contributed by atoms with Crippen LogP contribution in [0.25, 0.3) is 0 Å². The molecule has 118 valence electrons. The molecule has 1 fully saturated rings. The lowest BCUT2D eigenvalue weighted by Gasteiger charge is -2.15. The molecule has 1 aliphatic rings. The molecule has 1 aromatic heterocycles. The highest BCUT2D eigenvalue weighted by Crippen LogP contribution is 2.17. The van der Waals surface area contributed by atoms with Gasteiger partial charge in [-0.3, -0.25) is 0 Å². The van der Waals surface area contributed by atoms with E-state index in [1.165, 1.54) is 9.75 Å². The SMILES string of the molecule is CCNC(=NCc1ccc(CC)s1)NC1CCS(=O)(=O)C1. The maximum Gasteiger partial charge on any atom is 0.191 e. The Balaban J connectivity index is 1.96. The monoisotopic (exact) mass is 329 g/mol. The van der Waals surface area contributed by atoms with Crippen LogP contribution in [0.5, 0.6) is 0 Å². The Bertz CT molecular complexity index is 593. The van der Waals surface area contributed by atoms with Crippen molar-refractivity contribution >= 4 is 27.1 Å². The highest BCUT2D eigenvalue weighted by atomic mass is 32.2. The van der Waals surface area contributed by atoms with Crippen molar-refractivity contribution in [3.8, 4) is 0 Å². The van der Waals surface area contributed by atoms with Crippen molar-refractivity contribution in [2.75, 3.05) is 18.1 Å². The Hall–Kier alpha value is -1.08. The normalized spacial score (nSPS) is 21.4. The molecule has 0 bridgehead atoms. The van der Waals surface area contributed by atoms with Crippen molar-refractivity contribution < 1.29 is 8.42 Å². The van der Waals surface area contributed by atoms with E-state index in [9.17, 15) is 8.42 Å². The van der Waals surface area contributed by atoms with Gasteiger partial charge in [-0.2, -0.15) is 0 Å². The molecule has 0 aliphatic carbocycles. The molecule has 1 atom stereocenters. The Kier molecular flexibility index (Phi) is 5.64. The van der Waals surface area contributed by atoms with E-state index < -0.39 is 9.84 Å². The summed E-state index contributed by atoms with van der Waals surface area (Å²) in [6.45, 7) is 5.53. The first-order chi connectivity index (χ1) is 10.0. The lowest BCUT2D eigenvalue weighted by molar-refractivity contribution is 0.599. The van der Waals surface area contributed by atoms with Crippen LogP contribution >= 0.6 is 11.3 Å². The number of hydrogen-bond acceptors (Lipinski definition) is 4. The molecule has 2 heterocycles. The number of aryl methyl sites for hydroxylation is 1. The zero-order valence-electron chi connectivity index (χ0n) is 12.6. The van der Waals surface area contributed by atoms with Crippen LogP contribution in [0.15, 0.2) is 17.1 Å². The molecule has 0 radical (unpaired) electrons. The van der Waals surface area contributed by atoms with Gasteiger partial charge in [0, 0.05) is 22.3 Å². The van der Waals surface area contributed by atoms with Gasteiger partial charge in [0.2, 0.25) is 0 Å². The van der Waals surface area contributed by atoms with Gasteiger partial charge >= 0.3 is 0 Å². The average molecular weight is 329 g/mol. The molecule has 2 N–H and O–H groups in total.